The molecule has 0 spiro atoms. The van der Waals surface area contributed by atoms with Crippen LogP contribution in [0, 0.1) is 12.8 Å². The summed E-state index contributed by atoms with van der Waals surface area (Å²) >= 11 is 0. The van der Waals surface area contributed by atoms with Crippen molar-refractivity contribution < 1.29 is 4.79 Å². The maximum absolute atomic E-state index is 12.6. The molecule has 2 N–H and O–H groups in total. The zero-order valence-electron chi connectivity index (χ0n) is 11.9. The third-order valence-corrected chi connectivity index (χ3v) is 4.00. The van der Waals surface area contributed by atoms with Crippen molar-refractivity contribution in [3.05, 3.63) is 23.3 Å². The van der Waals surface area contributed by atoms with Crippen molar-refractivity contribution in [1.82, 2.24) is 4.90 Å². The number of nitrogen functional groups attached to an aromatic ring is 1. The molecule has 100 valence electrons. The van der Waals surface area contributed by atoms with Gasteiger partial charge < -0.3 is 10.6 Å². The fourth-order valence-corrected chi connectivity index (χ4v) is 2.85. The Morgan fingerprint density at radius 1 is 1.47 bits per heavy atom. The van der Waals surface area contributed by atoms with Gasteiger partial charge in [-0.2, -0.15) is 0 Å². The van der Waals surface area contributed by atoms with Gasteiger partial charge in [0.05, 0.1) is 0 Å². The second-order valence-corrected chi connectivity index (χ2v) is 5.75. The Balaban J connectivity index is 2.29. The molecule has 1 aliphatic heterocycles. The van der Waals surface area contributed by atoms with Gasteiger partial charge >= 0.3 is 0 Å². The van der Waals surface area contributed by atoms with E-state index in [1.54, 1.807) is 6.07 Å². The smallest absolute Gasteiger partial charge is 0.254 e. The molecular formula is C15H21BN2O. The van der Waals surface area contributed by atoms with E-state index in [-0.39, 0.29) is 5.91 Å². The van der Waals surface area contributed by atoms with Crippen LogP contribution in [0.5, 0.6) is 0 Å². The second kappa shape index (κ2) is 5.28. The average Bonchev–Trinajstić information content (AvgIpc) is 2.83. The maximum atomic E-state index is 12.6. The number of benzene rings is 1. The summed E-state index contributed by atoms with van der Waals surface area (Å²) in [7, 11) is 5.83. The molecule has 1 aromatic rings. The summed E-state index contributed by atoms with van der Waals surface area (Å²) in [4.78, 5) is 14.6. The van der Waals surface area contributed by atoms with Crippen LogP contribution >= 0.6 is 0 Å². The normalized spacial score (nSPS) is 19.2. The van der Waals surface area contributed by atoms with Crippen LogP contribution in [0.3, 0.4) is 0 Å². The van der Waals surface area contributed by atoms with Gasteiger partial charge in [-0.05, 0) is 37.8 Å². The average molecular weight is 256 g/mol. The zero-order chi connectivity index (χ0) is 14.2. The number of aryl methyl sites for hydroxylation is 1. The first-order chi connectivity index (χ1) is 8.91. The lowest BCUT2D eigenvalue weighted by Gasteiger charge is -2.28. The van der Waals surface area contributed by atoms with Crippen LogP contribution in [0.15, 0.2) is 12.1 Å². The number of nitrogens with zero attached hydrogens (tertiary/aromatic N) is 1. The Kier molecular flexibility index (Phi) is 3.88. The van der Waals surface area contributed by atoms with E-state index in [1.807, 2.05) is 17.9 Å². The summed E-state index contributed by atoms with van der Waals surface area (Å²) in [6.07, 6.45) is 2.17. The van der Waals surface area contributed by atoms with E-state index in [9.17, 15) is 4.79 Å². The number of anilines is 1. The first-order valence-electron chi connectivity index (χ1n) is 6.88. The van der Waals surface area contributed by atoms with Crippen molar-refractivity contribution >= 4 is 24.9 Å². The highest BCUT2D eigenvalue weighted by atomic mass is 16.2. The summed E-state index contributed by atoms with van der Waals surface area (Å²) in [5, 5.41) is 0. The van der Waals surface area contributed by atoms with Gasteiger partial charge in [0.2, 0.25) is 0 Å². The first kappa shape index (κ1) is 14.0. The van der Waals surface area contributed by atoms with Gasteiger partial charge in [0.1, 0.15) is 7.85 Å². The number of hydrogen-bond acceptors (Lipinski definition) is 2. The fraction of sp³-hybridized carbons (Fsp3) is 0.533. The number of carbonyl (C=O) groups is 1. The Hall–Kier alpha value is -1.45. The molecule has 1 saturated heterocycles. The zero-order valence-corrected chi connectivity index (χ0v) is 11.9. The van der Waals surface area contributed by atoms with Gasteiger partial charge in [0.25, 0.3) is 5.91 Å². The largest absolute Gasteiger partial charge is 0.399 e. The molecule has 1 atom stereocenters. The Bertz CT molecular complexity index is 476. The van der Waals surface area contributed by atoms with Crippen molar-refractivity contribution in [1.29, 1.82) is 0 Å². The maximum Gasteiger partial charge on any atom is 0.254 e. The molecule has 1 heterocycles. The van der Waals surface area contributed by atoms with Crippen LogP contribution in [0.1, 0.15) is 42.6 Å². The number of nitrogens with two attached hydrogens (primary N) is 1. The summed E-state index contributed by atoms with van der Waals surface area (Å²) in [6.45, 7) is 7.05. The van der Waals surface area contributed by atoms with E-state index >= 15 is 0 Å². The van der Waals surface area contributed by atoms with Crippen molar-refractivity contribution in [2.24, 2.45) is 5.92 Å². The molecular weight excluding hydrogens is 235 g/mol. The van der Waals surface area contributed by atoms with Crippen molar-refractivity contribution in [3.63, 3.8) is 0 Å². The number of hydrogen-bond donors (Lipinski definition) is 1. The minimum atomic E-state index is 0.0750. The number of carbonyl (C=O) groups excluding carboxylic acids is 1. The quantitative estimate of drug-likeness (QED) is 0.645. The molecule has 0 bridgehead atoms. The molecule has 3 nitrogen and oxygen atoms in total. The second-order valence-electron chi connectivity index (χ2n) is 5.75. The molecule has 0 aromatic heterocycles. The molecule has 0 saturated carbocycles. The van der Waals surface area contributed by atoms with Crippen LogP contribution in [-0.4, -0.2) is 31.2 Å². The molecule has 1 fully saturated rings. The Morgan fingerprint density at radius 2 is 2.16 bits per heavy atom. The topological polar surface area (TPSA) is 46.3 Å². The SMILES string of the molecule is [B]c1c(C)cc(C(=O)N2CCCC2C(C)C)cc1N. The van der Waals surface area contributed by atoms with E-state index < -0.39 is 0 Å². The van der Waals surface area contributed by atoms with Crippen molar-refractivity contribution in [2.45, 2.75) is 39.7 Å². The minimum Gasteiger partial charge on any atom is -0.399 e. The number of rotatable bonds is 2. The summed E-state index contributed by atoms with van der Waals surface area (Å²) in [6, 6.07) is 3.87. The van der Waals surface area contributed by atoms with E-state index in [1.165, 1.54) is 0 Å². The fourth-order valence-electron chi connectivity index (χ4n) is 2.85. The molecule has 4 heteroatoms. The van der Waals surface area contributed by atoms with Gasteiger partial charge in [0.15, 0.2) is 0 Å². The lowest BCUT2D eigenvalue weighted by atomic mass is 9.88. The monoisotopic (exact) mass is 256 g/mol. The summed E-state index contributed by atoms with van der Waals surface area (Å²) in [5.41, 5.74) is 8.43. The van der Waals surface area contributed by atoms with E-state index in [2.05, 4.69) is 13.8 Å². The molecule has 1 unspecified atom stereocenters. The first-order valence-corrected chi connectivity index (χ1v) is 6.88. The number of amides is 1. The highest BCUT2D eigenvalue weighted by molar-refractivity contribution is 6.36. The molecule has 0 aliphatic carbocycles. The summed E-state index contributed by atoms with van der Waals surface area (Å²) < 4.78 is 0. The van der Waals surface area contributed by atoms with Crippen LogP contribution < -0.4 is 11.2 Å². The van der Waals surface area contributed by atoms with Gasteiger partial charge in [-0.15, -0.1) is 0 Å². The molecule has 19 heavy (non-hydrogen) atoms. The Morgan fingerprint density at radius 3 is 2.74 bits per heavy atom. The van der Waals surface area contributed by atoms with E-state index in [0.717, 1.165) is 24.9 Å². The van der Waals surface area contributed by atoms with Crippen LogP contribution in [0.2, 0.25) is 0 Å². The number of likely N-dealkylation sites (tertiary alicyclic amines) is 1. The van der Waals surface area contributed by atoms with Gasteiger partial charge in [0, 0.05) is 23.8 Å². The lowest BCUT2D eigenvalue weighted by Crippen LogP contribution is -2.38. The molecule has 2 radical (unpaired) electrons. The highest BCUT2D eigenvalue weighted by Gasteiger charge is 2.31. The third-order valence-electron chi connectivity index (χ3n) is 4.00. The Labute approximate surface area is 116 Å². The standard InChI is InChI=1S/C15H21BN2O/c1-9(2)13-5-4-6-18(13)15(19)11-7-10(3)14(16)12(17)8-11/h7-9,13H,4-6,17H2,1-3H3. The van der Waals surface area contributed by atoms with E-state index in [4.69, 9.17) is 13.6 Å². The molecule has 1 amide bonds. The van der Waals surface area contributed by atoms with Crippen LogP contribution in [0.4, 0.5) is 5.69 Å². The van der Waals surface area contributed by atoms with Crippen molar-refractivity contribution in [3.8, 4) is 0 Å². The predicted molar refractivity (Wildman–Crippen MR) is 79.9 cm³/mol. The van der Waals surface area contributed by atoms with Crippen LogP contribution in [0.25, 0.3) is 0 Å². The predicted octanol–water partition coefficient (Wildman–Crippen LogP) is 1.63. The van der Waals surface area contributed by atoms with Gasteiger partial charge in [-0.1, -0.05) is 24.9 Å². The van der Waals surface area contributed by atoms with Crippen molar-refractivity contribution in [2.75, 3.05) is 12.3 Å². The lowest BCUT2D eigenvalue weighted by molar-refractivity contribution is 0.0701. The summed E-state index contributed by atoms with van der Waals surface area (Å²) in [5.74, 6) is 0.560. The van der Waals surface area contributed by atoms with E-state index in [0.29, 0.717) is 28.7 Å². The van der Waals surface area contributed by atoms with Crippen LogP contribution in [-0.2, 0) is 0 Å². The molecule has 1 aromatic carbocycles. The molecule has 1 aliphatic rings. The third kappa shape index (κ3) is 2.62. The minimum absolute atomic E-state index is 0.0750. The van der Waals surface area contributed by atoms with Gasteiger partial charge in [-0.25, -0.2) is 0 Å². The molecule has 2 rings (SSSR count). The van der Waals surface area contributed by atoms with Gasteiger partial charge in [-0.3, -0.25) is 4.79 Å². The highest BCUT2D eigenvalue weighted by Crippen LogP contribution is 2.26.